The zero-order chi connectivity index (χ0) is 15.1. The van der Waals surface area contributed by atoms with E-state index in [4.69, 9.17) is 5.73 Å². The second kappa shape index (κ2) is 8.63. The van der Waals surface area contributed by atoms with Gasteiger partial charge in [0.15, 0.2) is 0 Å². The normalized spacial score (nSPS) is 25.9. The highest BCUT2D eigenvalue weighted by Crippen LogP contribution is 2.24. The number of carbonyl (C=O) groups excluding carboxylic acids is 2. The summed E-state index contributed by atoms with van der Waals surface area (Å²) in [7, 11) is 0. The molecule has 0 bridgehead atoms. The molecular weight excluding hydrogens is 286 g/mol. The highest BCUT2D eigenvalue weighted by molar-refractivity contribution is 8.00. The fourth-order valence-corrected chi connectivity index (χ4v) is 3.95. The van der Waals surface area contributed by atoms with Crippen molar-refractivity contribution in [3.8, 4) is 0 Å². The molecule has 2 fully saturated rings. The van der Waals surface area contributed by atoms with Crippen molar-refractivity contribution in [2.45, 2.75) is 44.6 Å². The van der Waals surface area contributed by atoms with Crippen LogP contribution in [-0.2, 0) is 9.59 Å². The predicted octanol–water partition coefficient (Wildman–Crippen LogP) is 0.976. The molecule has 0 spiro atoms. The van der Waals surface area contributed by atoms with Crippen LogP contribution in [-0.4, -0.2) is 53.9 Å². The van der Waals surface area contributed by atoms with Crippen LogP contribution in [0.4, 0.5) is 0 Å². The minimum Gasteiger partial charge on any atom is -0.352 e. The fourth-order valence-electron chi connectivity index (χ4n) is 3.22. The van der Waals surface area contributed by atoms with E-state index in [0.717, 1.165) is 45.2 Å². The van der Waals surface area contributed by atoms with Gasteiger partial charge in [0.25, 0.3) is 0 Å². The van der Waals surface area contributed by atoms with Crippen LogP contribution in [0.1, 0.15) is 38.5 Å². The Labute approximate surface area is 131 Å². The van der Waals surface area contributed by atoms with Crippen molar-refractivity contribution in [3.63, 3.8) is 0 Å². The minimum atomic E-state index is 0.0387. The lowest BCUT2D eigenvalue weighted by atomic mass is 10.0. The molecule has 1 saturated carbocycles. The molecule has 120 valence electrons. The standard InChI is InChI=1S/C15H27N3O2S/c16-9-12-5-4-6-13(12)17-14(19)10-21-11-15(20)18-7-2-1-3-8-18/h12-13H,1-11,16H2,(H,17,19). The molecule has 21 heavy (non-hydrogen) atoms. The third kappa shape index (κ3) is 5.18. The van der Waals surface area contributed by atoms with Gasteiger partial charge < -0.3 is 16.0 Å². The number of hydrogen-bond donors (Lipinski definition) is 2. The molecule has 1 saturated heterocycles. The Kier molecular flexibility index (Phi) is 6.83. The van der Waals surface area contributed by atoms with E-state index in [1.165, 1.54) is 18.2 Å². The van der Waals surface area contributed by atoms with Crippen LogP contribution in [0.25, 0.3) is 0 Å². The lowest BCUT2D eigenvalue weighted by Crippen LogP contribution is -2.41. The number of carbonyl (C=O) groups is 2. The Morgan fingerprint density at radius 2 is 1.86 bits per heavy atom. The van der Waals surface area contributed by atoms with Crippen LogP contribution in [0, 0.1) is 5.92 Å². The number of rotatable bonds is 6. The van der Waals surface area contributed by atoms with Crippen molar-refractivity contribution in [1.82, 2.24) is 10.2 Å². The molecule has 5 nitrogen and oxygen atoms in total. The van der Waals surface area contributed by atoms with Crippen molar-refractivity contribution >= 4 is 23.6 Å². The van der Waals surface area contributed by atoms with E-state index in [2.05, 4.69) is 5.32 Å². The molecule has 2 unspecified atom stereocenters. The SMILES string of the molecule is NCC1CCCC1NC(=O)CSCC(=O)N1CCCCC1. The first-order valence-electron chi connectivity index (χ1n) is 8.05. The number of nitrogens with zero attached hydrogens (tertiary/aromatic N) is 1. The van der Waals surface area contributed by atoms with E-state index in [1.54, 1.807) is 0 Å². The van der Waals surface area contributed by atoms with Crippen LogP contribution in [0.5, 0.6) is 0 Å². The summed E-state index contributed by atoms with van der Waals surface area (Å²) in [5, 5.41) is 3.07. The number of likely N-dealkylation sites (tertiary alicyclic amines) is 1. The van der Waals surface area contributed by atoms with Gasteiger partial charge in [0.1, 0.15) is 0 Å². The summed E-state index contributed by atoms with van der Waals surface area (Å²) < 4.78 is 0. The third-order valence-corrected chi connectivity index (χ3v) is 5.39. The molecule has 0 aromatic carbocycles. The van der Waals surface area contributed by atoms with Gasteiger partial charge in [-0.25, -0.2) is 0 Å². The number of amides is 2. The summed E-state index contributed by atoms with van der Waals surface area (Å²) in [6.45, 7) is 2.41. The monoisotopic (exact) mass is 313 g/mol. The average molecular weight is 313 g/mol. The number of nitrogens with one attached hydrogen (secondary N) is 1. The maximum absolute atomic E-state index is 12.0. The molecule has 2 aliphatic rings. The molecular formula is C15H27N3O2S. The molecule has 2 rings (SSSR count). The molecule has 3 N–H and O–H groups in total. The van der Waals surface area contributed by atoms with Gasteiger partial charge in [-0.3, -0.25) is 9.59 Å². The fraction of sp³-hybridized carbons (Fsp3) is 0.867. The lowest BCUT2D eigenvalue weighted by Gasteiger charge is -2.26. The minimum absolute atomic E-state index is 0.0387. The number of piperidine rings is 1. The smallest absolute Gasteiger partial charge is 0.232 e. The molecule has 1 heterocycles. The Balaban J connectivity index is 1.61. The Morgan fingerprint density at radius 3 is 2.57 bits per heavy atom. The summed E-state index contributed by atoms with van der Waals surface area (Å²) in [4.78, 5) is 25.8. The van der Waals surface area contributed by atoms with Crippen molar-refractivity contribution in [2.75, 3.05) is 31.1 Å². The molecule has 2 amide bonds. The Morgan fingerprint density at radius 1 is 1.10 bits per heavy atom. The van der Waals surface area contributed by atoms with Crippen LogP contribution < -0.4 is 11.1 Å². The molecule has 1 aliphatic carbocycles. The van der Waals surface area contributed by atoms with Gasteiger partial charge in [-0.2, -0.15) is 0 Å². The van der Waals surface area contributed by atoms with Gasteiger partial charge in [0.05, 0.1) is 11.5 Å². The van der Waals surface area contributed by atoms with Crippen LogP contribution in [0.3, 0.4) is 0 Å². The first-order valence-corrected chi connectivity index (χ1v) is 9.21. The number of nitrogens with two attached hydrogens (primary N) is 1. The maximum atomic E-state index is 12.0. The Bertz CT molecular complexity index is 359. The zero-order valence-electron chi connectivity index (χ0n) is 12.7. The quantitative estimate of drug-likeness (QED) is 0.766. The largest absolute Gasteiger partial charge is 0.352 e. The molecule has 1 aliphatic heterocycles. The lowest BCUT2D eigenvalue weighted by molar-refractivity contribution is -0.129. The topological polar surface area (TPSA) is 75.4 Å². The van der Waals surface area contributed by atoms with Gasteiger partial charge in [-0.05, 0) is 44.6 Å². The van der Waals surface area contributed by atoms with Gasteiger partial charge in [-0.1, -0.05) is 6.42 Å². The van der Waals surface area contributed by atoms with E-state index >= 15 is 0 Å². The van der Waals surface area contributed by atoms with Gasteiger partial charge >= 0.3 is 0 Å². The first-order chi connectivity index (χ1) is 10.2. The highest BCUT2D eigenvalue weighted by atomic mass is 32.2. The second-order valence-corrected chi connectivity index (χ2v) is 7.02. The van der Waals surface area contributed by atoms with E-state index in [1.807, 2.05) is 4.90 Å². The Hall–Kier alpha value is -0.750. The van der Waals surface area contributed by atoms with Crippen molar-refractivity contribution in [3.05, 3.63) is 0 Å². The van der Waals surface area contributed by atoms with Crippen LogP contribution in [0.15, 0.2) is 0 Å². The summed E-state index contributed by atoms with van der Waals surface area (Å²) in [6, 6.07) is 0.237. The summed E-state index contributed by atoms with van der Waals surface area (Å²) in [5.41, 5.74) is 5.72. The number of thioether (sulfide) groups is 1. The van der Waals surface area contributed by atoms with Gasteiger partial charge in [-0.15, -0.1) is 11.8 Å². The van der Waals surface area contributed by atoms with Crippen molar-refractivity contribution < 1.29 is 9.59 Å². The maximum Gasteiger partial charge on any atom is 0.232 e. The summed E-state index contributed by atoms with van der Waals surface area (Å²) >= 11 is 1.42. The molecule has 0 radical (unpaired) electrons. The first kappa shape index (κ1) is 16.6. The van der Waals surface area contributed by atoms with E-state index in [9.17, 15) is 9.59 Å². The van der Waals surface area contributed by atoms with Crippen molar-refractivity contribution in [1.29, 1.82) is 0 Å². The summed E-state index contributed by atoms with van der Waals surface area (Å²) in [5.74, 6) is 1.42. The summed E-state index contributed by atoms with van der Waals surface area (Å²) in [6.07, 6.45) is 6.74. The van der Waals surface area contributed by atoms with Crippen molar-refractivity contribution in [2.24, 2.45) is 11.7 Å². The van der Waals surface area contributed by atoms with Crippen LogP contribution in [0.2, 0.25) is 0 Å². The highest BCUT2D eigenvalue weighted by Gasteiger charge is 2.27. The van der Waals surface area contributed by atoms with E-state index in [0.29, 0.717) is 24.0 Å². The predicted molar refractivity (Wildman–Crippen MR) is 86.1 cm³/mol. The molecule has 0 aromatic heterocycles. The molecule has 2 atom stereocenters. The molecule has 6 heteroatoms. The number of hydrogen-bond acceptors (Lipinski definition) is 4. The second-order valence-electron chi connectivity index (χ2n) is 6.03. The van der Waals surface area contributed by atoms with Gasteiger partial charge in [0.2, 0.25) is 11.8 Å². The van der Waals surface area contributed by atoms with Crippen LogP contribution >= 0.6 is 11.8 Å². The third-order valence-electron chi connectivity index (χ3n) is 4.48. The molecule has 0 aromatic rings. The average Bonchev–Trinajstić information content (AvgIpc) is 2.95. The van der Waals surface area contributed by atoms with E-state index in [-0.39, 0.29) is 17.9 Å². The zero-order valence-corrected chi connectivity index (χ0v) is 13.5. The van der Waals surface area contributed by atoms with Gasteiger partial charge in [0, 0.05) is 19.1 Å². The van der Waals surface area contributed by atoms with E-state index < -0.39 is 0 Å².